The quantitative estimate of drug-likeness (QED) is 0.755. The van der Waals surface area contributed by atoms with E-state index in [0.29, 0.717) is 18.4 Å². The Balaban J connectivity index is 2.37. The standard InChI is InChI=1S/C10H18ClN3O/c1-4-12-5-6-15-7-9-8(2)13-14(3)10(9)11/h12H,4-7H2,1-3H3. The molecule has 1 aromatic rings. The Bertz CT molecular complexity index is 312. The van der Waals surface area contributed by atoms with Gasteiger partial charge in [0.15, 0.2) is 0 Å². The maximum absolute atomic E-state index is 6.06. The van der Waals surface area contributed by atoms with Gasteiger partial charge in [-0.25, -0.2) is 0 Å². The molecule has 0 aliphatic rings. The highest BCUT2D eigenvalue weighted by Gasteiger charge is 2.10. The van der Waals surface area contributed by atoms with E-state index in [2.05, 4.69) is 17.3 Å². The highest BCUT2D eigenvalue weighted by molar-refractivity contribution is 6.30. The first-order valence-electron chi connectivity index (χ1n) is 5.13. The summed E-state index contributed by atoms with van der Waals surface area (Å²) < 4.78 is 7.16. The third kappa shape index (κ3) is 3.48. The van der Waals surface area contributed by atoms with Gasteiger partial charge in [0.2, 0.25) is 0 Å². The molecule has 0 fully saturated rings. The maximum atomic E-state index is 6.06. The molecular formula is C10H18ClN3O. The fourth-order valence-corrected chi connectivity index (χ4v) is 1.56. The summed E-state index contributed by atoms with van der Waals surface area (Å²) in [6.45, 7) is 7.07. The van der Waals surface area contributed by atoms with Gasteiger partial charge in [0.05, 0.1) is 18.9 Å². The Morgan fingerprint density at radius 3 is 2.80 bits per heavy atom. The fraction of sp³-hybridized carbons (Fsp3) is 0.700. The lowest BCUT2D eigenvalue weighted by atomic mass is 10.3. The molecule has 0 aliphatic heterocycles. The van der Waals surface area contributed by atoms with E-state index in [1.807, 2.05) is 14.0 Å². The van der Waals surface area contributed by atoms with Gasteiger partial charge in [0.1, 0.15) is 5.15 Å². The largest absolute Gasteiger partial charge is 0.375 e. The number of hydrogen-bond donors (Lipinski definition) is 1. The Labute approximate surface area is 95.6 Å². The molecule has 1 aromatic heterocycles. The summed E-state index contributed by atoms with van der Waals surface area (Å²) in [6, 6.07) is 0. The lowest BCUT2D eigenvalue weighted by Crippen LogP contribution is -2.18. The van der Waals surface area contributed by atoms with Crippen LogP contribution in [0.15, 0.2) is 0 Å². The van der Waals surface area contributed by atoms with Crippen molar-refractivity contribution in [2.45, 2.75) is 20.5 Å². The number of aryl methyl sites for hydroxylation is 2. The van der Waals surface area contributed by atoms with E-state index in [0.717, 1.165) is 24.3 Å². The molecule has 5 heteroatoms. The predicted octanol–water partition coefficient (Wildman–Crippen LogP) is 1.51. The number of likely N-dealkylation sites (N-methyl/N-ethyl adjacent to an activating group) is 1. The summed E-state index contributed by atoms with van der Waals surface area (Å²) in [6.07, 6.45) is 0. The maximum Gasteiger partial charge on any atom is 0.132 e. The first-order valence-corrected chi connectivity index (χ1v) is 5.51. The van der Waals surface area contributed by atoms with Crippen molar-refractivity contribution in [3.8, 4) is 0 Å². The van der Waals surface area contributed by atoms with Gasteiger partial charge in [-0.1, -0.05) is 18.5 Å². The summed E-state index contributed by atoms with van der Waals surface area (Å²) >= 11 is 6.06. The molecule has 0 atom stereocenters. The minimum atomic E-state index is 0.532. The molecule has 1 heterocycles. The highest BCUT2D eigenvalue weighted by atomic mass is 35.5. The van der Waals surface area contributed by atoms with Gasteiger partial charge in [-0.3, -0.25) is 4.68 Å². The second-order valence-corrected chi connectivity index (χ2v) is 3.74. The van der Waals surface area contributed by atoms with Crippen LogP contribution in [-0.4, -0.2) is 29.5 Å². The zero-order valence-electron chi connectivity index (χ0n) is 9.51. The molecule has 15 heavy (non-hydrogen) atoms. The number of halogens is 1. The molecule has 1 rings (SSSR count). The summed E-state index contributed by atoms with van der Waals surface area (Å²) in [5.41, 5.74) is 1.92. The van der Waals surface area contributed by atoms with Crippen LogP contribution in [0.2, 0.25) is 5.15 Å². The molecule has 0 saturated heterocycles. The van der Waals surface area contributed by atoms with E-state index < -0.39 is 0 Å². The van der Waals surface area contributed by atoms with Gasteiger partial charge in [-0.15, -0.1) is 0 Å². The van der Waals surface area contributed by atoms with E-state index in [9.17, 15) is 0 Å². The zero-order valence-corrected chi connectivity index (χ0v) is 10.3. The predicted molar refractivity (Wildman–Crippen MR) is 61.2 cm³/mol. The Hall–Kier alpha value is -0.580. The summed E-state index contributed by atoms with van der Waals surface area (Å²) in [4.78, 5) is 0. The Kier molecular flexibility index (Phi) is 5.08. The van der Waals surface area contributed by atoms with Crippen LogP contribution >= 0.6 is 11.6 Å². The molecular weight excluding hydrogens is 214 g/mol. The van der Waals surface area contributed by atoms with E-state index in [4.69, 9.17) is 16.3 Å². The molecule has 0 radical (unpaired) electrons. The van der Waals surface area contributed by atoms with Crippen molar-refractivity contribution in [3.05, 3.63) is 16.4 Å². The van der Waals surface area contributed by atoms with Crippen molar-refractivity contribution in [3.63, 3.8) is 0 Å². The molecule has 0 aromatic carbocycles. The monoisotopic (exact) mass is 231 g/mol. The lowest BCUT2D eigenvalue weighted by molar-refractivity contribution is 0.123. The van der Waals surface area contributed by atoms with Crippen molar-refractivity contribution in [1.29, 1.82) is 0 Å². The number of nitrogens with one attached hydrogen (secondary N) is 1. The number of nitrogens with zero attached hydrogens (tertiary/aromatic N) is 2. The van der Waals surface area contributed by atoms with Crippen LogP contribution in [-0.2, 0) is 18.4 Å². The average Bonchev–Trinajstić information content (AvgIpc) is 2.44. The third-order valence-corrected chi connectivity index (χ3v) is 2.66. The smallest absolute Gasteiger partial charge is 0.132 e. The molecule has 86 valence electrons. The van der Waals surface area contributed by atoms with Crippen molar-refractivity contribution in [2.24, 2.45) is 7.05 Å². The number of hydrogen-bond acceptors (Lipinski definition) is 3. The van der Waals surface area contributed by atoms with Crippen molar-refractivity contribution in [2.75, 3.05) is 19.7 Å². The third-order valence-electron chi connectivity index (χ3n) is 2.19. The molecule has 0 spiro atoms. The molecule has 0 unspecified atom stereocenters. The topological polar surface area (TPSA) is 39.1 Å². The van der Waals surface area contributed by atoms with Crippen LogP contribution in [0, 0.1) is 6.92 Å². The van der Waals surface area contributed by atoms with Crippen LogP contribution in [0.4, 0.5) is 0 Å². The van der Waals surface area contributed by atoms with Crippen LogP contribution in [0.5, 0.6) is 0 Å². The minimum Gasteiger partial charge on any atom is -0.375 e. The average molecular weight is 232 g/mol. The highest BCUT2D eigenvalue weighted by Crippen LogP contribution is 2.19. The molecule has 0 bridgehead atoms. The van der Waals surface area contributed by atoms with Gasteiger partial charge in [0.25, 0.3) is 0 Å². The van der Waals surface area contributed by atoms with Gasteiger partial charge in [-0.2, -0.15) is 5.10 Å². The SMILES string of the molecule is CCNCCOCc1c(C)nn(C)c1Cl. The molecule has 4 nitrogen and oxygen atoms in total. The van der Waals surface area contributed by atoms with E-state index in [1.54, 1.807) is 4.68 Å². The Morgan fingerprint density at radius 2 is 2.27 bits per heavy atom. The molecule has 0 saturated carbocycles. The first kappa shape index (κ1) is 12.5. The Morgan fingerprint density at radius 1 is 1.53 bits per heavy atom. The van der Waals surface area contributed by atoms with E-state index in [1.165, 1.54) is 0 Å². The summed E-state index contributed by atoms with van der Waals surface area (Å²) in [7, 11) is 1.83. The summed E-state index contributed by atoms with van der Waals surface area (Å²) in [5, 5.41) is 8.07. The van der Waals surface area contributed by atoms with Crippen LogP contribution in [0.1, 0.15) is 18.2 Å². The molecule has 0 aliphatic carbocycles. The van der Waals surface area contributed by atoms with Gasteiger partial charge in [-0.05, 0) is 13.5 Å². The minimum absolute atomic E-state index is 0.532. The first-order chi connectivity index (χ1) is 7.16. The van der Waals surface area contributed by atoms with Crippen molar-refractivity contribution < 1.29 is 4.74 Å². The van der Waals surface area contributed by atoms with Crippen molar-refractivity contribution in [1.82, 2.24) is 15.1 Å². The number of rotatable bonds is 6. The fourth-order valence-electron chi connectivity index (χ4n) is 1.33. The van der Waals surface area contributed by atoms with Crippen molar-refractivity contribution >= 4 is 11.6 Å². The number of ether oxygens (including phenoxy) is 1. The summed E-state index contributed by atoms with van der Waals surface area (Å²) in [5.74, 6) is 0. The molecule has 1 N–H and O–H groups in total. The second-order valence-electron chi connectivity index (χ2n) is 3.38. The van der Waals surface area contributed by atoms with Crippen LogP contribution in [0.3, 0.4) is 0 Å². The second kappa shape index (κ2) is 6.10. The van der Waals surface area contributed by atoms with Gasteiger partial charge in [0, 0.05) is 19.2 Å². The zero-order chi connectivity index (χ0) is 11.3. The van der Waals surface area contributed by atoms with Gasteiger partial charge >= 0.3 is 0 Å². The van der Waals surface area contributed by atoms with E-state index >= 15 is 0 Å². The van der Waals surface area contributed by atoms with Gasteiger partial charge < -0.3 is 10.1 Å². The lowest BCUT2D eigenvalue weighted by Gasteiger charge is -2.04. The van der Waals surface area contributed by atoms with E-state index in [-0.39, 0.29) is 0 Å². The van der Waals surface area contributed by atoms with Crippen LogP contribution < -0.4 is 5.32 Å². The van der Waals surface area contributed by atoms with Crippen LogP contribution in [0.25, 0.3) is 0 Å². The number of aromatic nitrogens is 2. The molecule has 0 amide bonds. The normalized spacial score (nSPS) is 10.9.